The van der Waals surface area contributed by atoms with E-state index in [4.69, 9.17) is 4.74 Å². The normalized spacial score (nSPS) is 14.6. The van der Waals surface area contributed by atoms with Gasteiger partial charge in [-0.1, -0.05) is 12.1 Å². The summed E-state index contributed by atoms with van der Waals surface area (Å²) in [7, 11) is -1.02. The van der Waals surface area contributed by atoms with Crippen LogP contribution in [0.25, 0.3) is 6.08 Å². The molecule has 1 fully saturated rings. The fourth-order valence-electron chi connectivity index (χ4n) is 3.38. The van der Waals surface area contributed by atoms with Crippen LogP contribution in [-0.4, -0.2) is 64.5 Å². The van der Waals surface area contributed by atoms with Crippen LogP contribution >= 0.6 is 0 Å². The zero-order valence-corrected chi connectivity index (χ0v) is 18.5. The second-order valence-electron chi connectivity index (χ2n) is 7.04. The number of piperazine rings is 1. The van der Waals surface area contributed by atoms with Crippen LogP contribution in [0.15, 0.2) is 53.4 Å². The average Bonchev–Trinajstić information content (AvgIpc) is 2.82. The number of ether oxygens (including phenoxy) is 1. The van der Waals surface area contributed by atoms with Crippen LogP contribution in [0.5, 0.6) is 5.75 Å². The van der Waals surface area contributed by atoms with Crippen LogP contribution in [0.4, 0.5) is 11.4 Å². The number of methoxy groups -OCH3 is 1. The molecule has 1 N–H and O–H groups in total. The number of non-ortho nitro benzene ring substituents is 1. The van der Waals surface area contributed by atoms with Gasteiger partial charge >= 0.3 is 0 Å². The van der Waals surface area contributed by atoms with Crippen molar-refractivity contribution in [2.24, 2.45) is 0 Å². The smallest absolute Gasteiger partial charge is 0.271 e. The van der Waals surface area contributed by atoms with Gasteiger partial charge in [0.2, 0.25) is 15.9 Å². The van der Waals surface area contributed by atoms with E-state index in [0.717, 1.165) is 5.69 Å². The Kier molecular flexibility index (Phi) is 7.11. The summed E-state index contributed by atoms with van der Waals surface area (Å²) in [6, 6.07) is 11.1. The Morgan fingerprint density at radius 3 is 2.50 bits per heavy atom. The van der Waals surface area contributed by atoms with E-state index < -0.39 is 14.9 Å². The first kappa shape index (κ1) is 23.2. The van der Waals surface area contributed by atoms with Crippen LogP contribution in [-0.2, 0) is 14.8 Å². The summed E-state index contributed by atoms with van der Waals surface area (Å²) in [5, 5.41) is 11.0. The lowest BCUT2D eigenvalue weighted by Gasteiger charge is -2.35. The molecular formula is C21H24N4O6S. The molecule has 2 aromatic rings. The van der Waals surface area contributed by atoms with E-state index >= 15 is 0 Å². The molecule has 0 aliphatic carbocycles. The predicted molar refractivity (Wildman–Crippen MR) is 120 cm³/mol. The highest BCUT2D eigenvalue weighted by Gasteiger charge is 2.21. The average molecular weight is 461 g/mol. The molecule has 1 heterocycles. The Bertz CT molecular complexity index is 1140. The molecule has 32 heavy (non-hydrogen) atoms. The van der Waals surface area contributed by atoms with Gasteiger partial charge in [-0.05, 0) is 36.9 Å². The minimum absolute atomic E-state index is 0.0114. The van der Waals surface area contributed by atoms with Crippen LogP contribution in [0.1, 0.15) is 5.56 Å². The van der Waals surface area contributed by atoms with Gasteiger partial charge in [0.1, 0.15) is 10.6 Å². The highest BCUT2D eigenvalue weighted by Crippen LogP contribution is 2.25. The second-order valence-corrected chi connectivity index (χ2v) is 8.90. The lowest BCUT2D eigenvalue weighted by atomic mass is 10.2. The largest absolute Gasteiger partial charge is 0.495 e. The Morgan fingerprint density at radius 2 is 1.88 bits per heavy atom. The van der Waals surface area contributed by atoms with Gasteiger partial charge in [0.05, 0.1) is 12.0 Å². The molecule has 170 valence electrons. The number of carbonyl (C=O) groups excluding carboxylic acids is 1. The first-order valence-electron chi connectivity index (χ1n) is 9.83. The molecule has 1 aliphatic rings. The second kappa shape index (κ2) is 9.79. The van der Waals surface area contributed by atoms with Crippen molar-refractivity contribution in [3.05, 3.63) is 64.2 Å². The summed E-state index contributed by atoms with van der Waals surface area (Å²) in [6.45, 7) is 2.03. The minimum atomic E-state index is -3.72. The van der Waals surface area contributed by atoms with Crippen molar-refractivity contribution in [2.45, 2.75) is 4.90 Å². The molecule has 0 aromatic heterocycles. The monoisotopic (exact) mass is 460 g/mol. The Balaban J connectivity index is 1.66. The summed E-state index contributed by atoms with van der Waals surface area (Å²) in [5.41, 5.74) is 1.32. The standard InChI is InChI=1S/C21H24N4O6S/c1-22-32(29,30)20-14-16(6-8-19(20)31-2)7-9-21(26)24-12-10-23(11-13-24)17-4-3-5-18(15-17)25(27)28/h3-9,14-15,22H,10-13H2,1-2H3/b9-7+. The van der Waals surface area contributed by atoms with E-state index in [0.29, 0.717) is 31.7 Å². The maximum atomic E-state index is 12.6. The number of nitrogens with one attached hydrogen (secondary N) is 1. The summed E-state index contributed by atoms with van der Waals surface area (Å²) >= 11 is 0. The number of carbonyl (C=O) groups is 1. The molecule has 0 atom stereocenters. The third-order valence-corrected chi connectivity index (χ3v) is 6.60. The maximum absolute atomic E-state index is 12.6. The van der Waals surface area contributed by atoms with Crippen LogP contribution in [0, 0.1) is 10.1 Å². The van der Waals surface area contributed by atoms with E-state index in [9.17, 15) is 23.3 Å². The van der Waals surface area contributed by atoms with Gasteiger partial charge in [0, 0.05) is 50.1 Å². The van der Waals surface area contributed by atoms with Gasteiger partial charge in [-0.2, -0.15) is 0 Å². The Morgan fingerprint density at radius 1 is 1.16 bits per heavy atom. The van der Waals surface area contributed by atoms with Crippen LogP contribution in [0.3, 0.4) is 0 Å². The van der Waals surface area contributed by atoms with E-state index in [1.54, 1.807) is 23.1 Å². The van der Waals surface area contributed by atoms with E-state index in [2.05, 4.69) is 4.72 Å². The Labute approximate surface area is 186 Å². The number of anilines is 1. The van der Waals surface area contributed by atoms with Crippen molar-refractivity contribution in [3.63, 3.8) is 0 Å². The van der Waals surface area contributed by atoms with E-state index in [-0.39, 0.29) is 22.2 Å². The van der Waals surface area contributed by atoms with Gasteiger partial charge in [-0.3, -0.25) is 14.9 Å². The number of hydrogen-bond donors (Lipinski definition) is 1. The van der Waals surface area contributed by atoms with Crippen molar-refractivity contribution in [1.82, 2.24) is 9.62 Å². The molecule has 0 unspecified atom stereocenters. The van der Waals surface area contributed by atoms with E-state index in [1.807, 2.05) is 11.0 Å². The highest BCUT2D eigenvalue weighted by atomic mass is 32.2. The number of nitro benzene ring substituents is 1. The number of benzene rings is 2. The summed E-state index contributed by atoms with van der Waals surface area (Å²) < 4.78 is 31.8. The fourth-order valence-corrected chi connectivity index (χ4v) is 4.31. The molecule has 2 aromatic carbocycles. The molecule has 1 amide bonds. The molecule has 1 aliphatic heterocycles. The molecule has 0 bridgehead atoms. The van der Waals surface area contributed by atoms with Gasteiger partial charge in [0.15, 0.2) is 0 Å². The predicted octanol–water partition coefficient (Wildman–Crippen LogP) is 1.87. The number of nitrogens with zero attached hydrogens (tertiary/aromatic N) is 3. The molecule has 0 spiro atoms. The molecule has 10 nitrogen and oxygen atoms in total. The van der Waals surface area contributed by atoms with Crippen molar-refractivity contribution < 1.29 is 22.9 Å². The zero-order valence-electron chi connectivity index (χ0n) is 17.7. The minimum Gasteiger partial charge on any atom is -0.495 e. The first-order valence-corrected chi connectivity index (χ1v) is 11.3. The van der Waals surface area contributed by atoms with Gasteiger partial charge in [-0.25, -0.2) is 13.1 Å². The molecular weight excluding hydrogens is 436 g/mol. The number of rotatable bonds is 7. The zero-order chi connectivity index (χ0) is 23.3. The highest BCUT2D eigenvalue weighted by molar-refractivity contribution is 7.89. The van der Waals surface area contributed by atoms with Crippen LogP contribution < -0.4 is 14.4 Å². The van der Waals surface area contributed by atoms with Gasteiger partial charge in [0.25, 0.3) is 5.69 Å². The van der Waals surface area contributed by atoms with Crippen molar-refractivity contribution in [3.8, 4) is 5.75 Å². The molecule has 11 heteroatoms. The topological polar surface area (TPSA) is 122 Å². The molecule has 0 radical (unpaired) electrons. The summed E-state index contributed by atoms with van der Waals surface area (Å²) in [5.74, 6) is 0.0117. The maximum Gasteiger partial charge on any atom is 0.271 e. The molecule has 1 saturated heterocycles. The first-order chi connectivity index (χ1) is 15.2. The Hall–Kier alpha value is -3.44. The number of amides is 1. The number of nitro groups is 1. The molecule has 0 saturated carbocycles. The van der Waals surface area contributed by atoms with Gasteiger partial charge < -0.3 is 14.5 Å². The quantitative estimate of drug-likeness (QED) is 0.380. The van der Waals surface area contributed by atoms with Crippen molar-refractivity contribution in [2.75, 3.05) is 45.2 Å². The lowest BCUT2D eigenvalue weighted by Crippen LogP contribution is -2.48. The van der Waals surface area contributed by atoms with Crippen LogP contribution in [0.2, 0.25) is 0 Å². The number of hydrogen-bond acceptors (Lipinski definition) is 7. The van der Waals surface area contributed by atoms with Crippen molar-refractivity contribution >= 4 is 33.4 Å². The summed E-state index contributed by atoms with van der Waals surface area (Å²) in [4.78, 5) is 26.8. The summed E-state index contributed by atoms with van der Waals surface area (Å²) in [6.07, 6.45) is 2.96. The van der Waals surface area contributed by atoms with Gasteiger partial charge in [-0.15, -0.1) is 0 Å². The molecule has 3 rings (SSSR count). The fraction of sp³-hybridized carbons (Fsp3) is 0.286. The van der Waals surface area contributed by atoms with E-state index in [1.165, 1.54) is 44.5 Å². The third-order valence-electron chi connectivity index (χ3n) is 5.16. The van der Waals surface area contributed by atoms with Crippen molar-refractivity contribution in [1.29, 1.82) is 0 Å². The SMILES string of the molecule is CNS(=O)(=O)c1cc(/C=C/C(=O)N2CCN(c3cccc([N+](=O)[O-])c3)CC2)ccc1OC. The number of sulfonamides is 1. The third kappa shape index (κ3) is 5.24. The lowest BCUT2D eigenvalue weighted by molar-refractivity contribution is -0.384.